The van der Waals surface area contributed by atoms with Crippen LogP contribution in [-0.2, 0) is 27.8 Å². The Morgan fingerprint density at radius 1 is 0.667 bits per heavy atom. The summed E-state index contributed by atoms with van der Waals surface area (Å²) in [6, 6.07) is 0. The predicted molar refractivity (Wildman–Crippen MR) is 208 cm³/mol. The molecule has 2 unspecified atom stereocenters. The van der Waals surface area contributed by atoms with Crippen LogP contribution in [0.5, 0.6) is 0 Å². The quantitative estimate of drug-likeness (QED) is 0.0648. The molecule has 48 heavy (non-hydrogen) atoms. The van der Waals surface area contributed by atoms with Crippen LogP contribution < -0.4 is 0 Å². The highest BCUT2D eigenvalue weighted by molar-refractivity contribution is 6.74. The van der Waals surface area contributed by atoms with Crippen LogP contribution in [0.3, 0.4) is 0 Å². The minimum atomic E-state index is -1.90. The topological polar surface area (TPSA) is 55.4 Å². The van der Waals surface area contributed by atoms with Gasteiger partial charge in [-0.2, -0.15) is 0 Å². The summed E-state index contributed by atoms with van der Waals surface area (Å²) in [6.07, 6.45) is 13.0. The van der Waals surface area contributed by atoms with Crippen molar-refractivity contribution in [1.82, 2.24) is 0 Å². The summed E-state index contributed by atoms with van der Waals surface area (Å²) < 4.78 is 39.0. The number of hydrogen-bond donors (Lipinski definition) is 0. The number of ether oxygens (including phenoxy) is 4. The highest BCUT2D eigenvalue weighted by Gasteiger charge is 2.46. The molecule has 0 spiro atoms. The van der Waals surface area contributed by atoms with Gasteiger partial charge in [0.2, 0.25) is 0 Å². The fourth-order valence-electron chi connectivity index (χ4n) is 6.62. The van der Waals surface area contributed by atoms with Crippen molar-refractivity contribution in [3.05, 3.63) is 23.3 Å². The van der Waals surface area contributed by atoms with Crippen molar-refractivity contribution in [3.63, 3.8) is 0 Å². The van der Waals surface area contributed by atoms with E-state index in [1.54, 1.807) is 0 Å². The number of rotatable bonds is 17. The molecule has 0 amide bonds. The molecule has 0 aliphatic heterocycles. The molecule has 0 aromatic heterocycles. The van der Waals surface area contributed by atoms with E-state index in [4.69, 9.17) is 27.8 Å². The van der Waals surface area contributed by atoms with Crippen molar-refractivity contribution in [3.8, 4) is 0 Å². The first-order chi connectivity index (χ1) is 22.0. The zero-order chi connectivity index (χ0) is 36.6. The second-order valence-corrected chi connectivity index (χ2v) is 27.9. The molecular formula is C40H78O6Si2. The Kier molecular flexibility index (Phi) is 16.4. The molecule has 2 fully saturated rings. The fourth-order valence-corrected chi connectivity index (χ4v) is 8.87. The molecule has 0 bridgehead atoms. The van der Waals surface area contributed by atoms with E-state index >= 15 is 0 Å². The van der Waals surface area contributed by atoms with Crippen molar-refractivity contribution in [2.75, 3.05) is 26.4 Å². The predicted octanol–water partition coefficient (Wildman–Crippen LogP) is 11.6. The summed E-state index contributed by atoms with van der Waals surface area (Å²) in [4.78, 5) is 0. The molecule has 2 rings (SSSR count). The average molecular weight is 711 g/mol. The second kappa shape index (κ2) is 17.9. The molecule has 282 valence electrons. The lowest BCUT2D eigenvalue weighted by Crippen LogP contribution is -2.49. The lowest BCUT2D eigenvalue weighted by molar-refractivity contribution is -0.184. The summed E-state index contributed by atoms with van der Waals surface area (Å²) in [5.41, 5.74) is 2.63. The Hall–Kier alpha value is -0.326. The normalized spacial score (nSPS) is 29.4. The van der Waals surface area contributed by atoms with E-state index in [2.05, 4.69) is 93.7 Å². The molecule has 2 aliphatic rings. The summed E-state index contributed by atoms with van der Waals surface area (Å²) in [7, 11) is -3.79. The molecule has 2 saturated carbocycles. The third-order valence-corrected chi connectivity index (χ3v) is 20.9. The van der Waals surface area contributed by atoms with Crippen LogP contribution in [0.1, 0.15) is 134 Å². The van der Waals surface area contributed by atoms with E-state index in [9.17, 15) is 0 Å². The van der Waals surface area contributed by atoms with Crippen molar-refractivity contribution in [2.24, 2.45) is 10.8 Å². The average Bonchev–Trinajstić information content (AvgIpc) is 2.96. The van der Waals surface area contributed by atoms with Gasteiger partial charge in [-0.05, 0) is 126 Å². The van der Waals surface area contributed by atoms with Crippen molar-refractivity contribution >= 4 is 16.6 Å². The van der Waals surface area contributed by atoms with Crippen LogP contribution >= 0.6 is 0 Å². The largest absolute Gasteiger partial charge is 0.416 e. The monoisotopic (exact) mass is 711 g/mol. The minimum absolute atomic E-state index is 0.0150. The summed E-state index contributed by atoms with van der Waals surface area (Å²) in [5.74, 6) is 0. The Morgan fingerprint density at radius 2 is 1.00 bits per heavy atom. The van der Waals surface area contributed by atoms with Gasteiger partial charge < -0.3 is 27.8 Å². The van der Waals surface area contributed by atoms with Gasteiger partial charge in [-0.25, -0.2) is 0 Å². The third kappa shape index (κ3) is 12.1. The van der Waals surface area contributed by atoms with E-state index in [0.29, 0.717) is 13.2 Å². The summed E-state index contributed by atoms with van der Waals surface area (Å²) in [6.45, 7) is 38.9. The molecule has 0 N–H and O–H groups in total. The summed E-state index contributed by atoms with van der Waals surface area (Å²) in [5, 5.41) is 0.348. The zero-order valence-electron chi connectivity index (χ0n) is 34.4. The highest BCUT2D eigenvalue weighted by Crippen LogP contribution is 2.47. The van der Waals surface area contributed by atoms with Crippen LogP contribution in [0.15, 0.2) is 23.3 Å². The van der Waals surface area contributed by atoms with Crippen molar-refractivity contribution < 1.29 is 27.8 Å². The first-order valence-corrected chi connectivity index (χ1v) is 25.0. The fraction of sp³-hybridized carbons (Fsp3) is 0.900. The van der Waals surface area contributed by atoms with Crippen molar-refractivity contribution in [1.29, 1.82) is 0 Å². The molecule has 0 aromatic carbocycles. The molecular weight excluding hydrogens is 633 g/mol. The minimum Gasteiger partial charge on any atom is -0.416 e. The first kappa shape index (κ1) is 43.8. The van der Waals surface area contributed by atoms with Gasteiger partial charge >= 0.3 is 0 Å². The van der Waals surface area contributed by atoms with E-state index in [0.717, 1.165) is 64.6 Å². The molecule has 6 nitrogen and oxygen atoms in total. The van der Waals surface area contributed by atoms with Crippen LogP contribution in [0.2, 0.25) is 36.3 Å². The smallest absolute Gasteiger partial charge is 0.192 e. The third-order valence-electron chi connectivity index (χ3n) is 11.9. The van der Waals surface area contributed by atoms with E-state index in [1.165, 1.54) is 11.1 Å². The van der Waals surface area contributed by atoms with Crippen LogP contribution in [-0.4, -0.2) is 67.9 Å². The number of unbranched alkanes of at least 4 members (excludes halogenated alkanes) is 1. The van der Waals surface area contributed by atoms with E-state index in [1.807, 2.05) is 27.7 Å². The van der Waals surface area contributed by atoms with Crippen LogP contribution in [0.25, 0.3) is 0 Å². The SMILES string of the molecule is CCOC(C)O[C@@H]1/C(=C\CC/C=C2/CCC[C@](C)(CO[Si](C)(C)C(C)(C)C)[C@@H]2OC(C)OCC)CCC[C@]1(C)CO[Si](C)(C)C(C)(C)C. The molecule has 0 saturated heterocycles. The molecule has 2 aliphatic carbocycles. The molecule has 6 atom stereocenters. The van der Waals surface area contributed by atoms with Gasteiger partial charge in [0.1, 0.15) is 0 Å². The van der Waals surface area contributed by atoms with Gasteiger partial charge in [-0.1, -0.05) is 67.5 Å². The lowest BCUT2D eigenvalue weighted by Gasteiger charge is -2.46. The maximum Gasteiger partial charge on any atom is 0.192 e. The van der Waals surface area contributed by atoms with Gasteiger partial charge in [0.15, 0.2) is 29.2 Å². The molecule has 0 radical (unpaired) electrons. The standard InChI is InChI=1S/C40H78O6Si2/c1-17-41-31(3)45-35-33(25-21-27-39(35,11)29-43-47(13,14)37(5,6)7)23-19-20-24-34-26-22-28-40(12,36(34)46-32(4)42-18-2)30-44-48(15,16)38(8,9)10/h23-24,31-32,35-36H,17-22,25-30H2,1-16H3/b33-23-,34-24-/t31?,32?,35-,36-,39-,40-/m1/s1. The van der Waals surface area contributed by atoms with Gasteiger partial charge in [0.05, 0.1) is 12.2 Å². The lowest BCUT2D eigenvalue weighted by atomic mass is 9.70. The van der Waals surface area contributed by atoms with E-state index in [-0.39, 0.29) is 45.7 Å². The zero-order valence-corrected chi connectivity index (χ0v) is 36.4. The van der Waals surface area contributed by atoms with E-state index < -0.39 is 16.6 Å². The number of allylic oxidation sites excluding steroid dienone is 2. The second-order valence-electron chi connectivity index (χ2n) is 18.3. The van der Waals surface area contributed by atoms with Gasteiger partial charge in [0, 0.05) is 37.3 Å². The van der Waals surface area contributed by atoms with Gasteiger partial charge in [-0.3, -0.25) is 0 Å². The maximum absolute atomic E-state index is 6.85. The molecule has 8 heteroatoms. The molecule has 0 aromatic rings. The van der Waals surface area contributed by atoms with Crippen LogP contribution in [0.4, 0.5) is 0 Å². The number of hydrogen-bond acceptors (Lipinski definition) is 6. The Labute approximate surface area is 299 Å². The maximum atomic E-state index is 6.85. The molecule has 0 heterocycles. The van der Waals surface area contributed by atoms with Gasteiger partial charge in [-0.15, -0.1) is 0 Å². The van der Waals surface area contributed by atoms with Crippen LogP contribution in [0, 0.1) is 10.8 Å². The highest BCUT2D eigenvalue weighted by atomic mass is 28.4. The first-order valence-electron chi connectivity index (χ1n) is 19.2. The Bertz CT molecular complexity index is 959. The van der Waals surface area contributed by atoms with Crippen molar-refractivity contribution in [2.45, 2.75) is 196 Å². The Balaban J connectivity index is 2.31. The summed E-state index contributed by atoms with van der Waals surface area (Å²) >= 11 is 0. The Morgan fingerprint density at radius 3 is 1.29 bits per heavy atom. The van der Waals surface area contributed by atoms with Gasteiger partial charge in [0.25, 0.3) is 0 Å².